The summed E-state index contributed by atoms with van der Waals surface area (Å²) in [6.07, 6.45) is 0. The number of nitro benzene ring substituents is 3. The Morgan fingerprint density at radius 2 is 1.06 bits per heavy atom. The predicted octanol–water partition coefficient (Wildman–Crippen LogP) is 5.19. The molecule has 0 saturated carbocycles. The number of hydrazine groups is 1. The standard InChI is InChI=1S/C20H17N5O6/c1-13-3-7-15(8-4-13)22(16-9-5-14(2)6-10-16)21-20-18(24(28)29)11-17(23(26)27)12-19(20)25(30)31/h3-12,21H,1-2H3. The summed E-state index contributed by atoms with van der Waals surface area (Å²) >= 11 is 0. The first-order chi connectivity index (χ1) is 14.7. The van der Waals surface area contributed by atoms with Crippen LogP contribution >= 0.6 is 0 Å². The number of nitro groups is 3. The zero-order chi connectivity index (χ0) is 22.7. The highest BCUT2D eigenvalue weighted by Gasteiger charge is 2.32. The molecule has 0 heterocycles. The summed E-state index contributed by atoms with van der Waals surface area (Å²) in [6, 6.07) is 15.6. The Bertz CT molecular complexity index is 1080. The van der Waals surface area contributed by atoms with Gasteiger partial charge in [0.2, 0.25) is 5.69 Å². The molecular formula is C20H17N5O6. The summed E-state index contributed by atoms with van der Waals surface area (Å²) < 4.78 is 0. The van der Waals surface area contributed by atoms with Gasteiger partial charge in [-0.25, -0.2) is 0 Å². The first-order valence-corrected chi connectivity index (χ1v) is 8.98. The molecule has 11 nitrogen and oxygen atoms in total. The van der Waals surface area contributed by atoms with Crippen LogP contribution in [0.5, 0.6) is 0 Å². The molecule has 158 valence electrons. The molecule has 31 heavy (non-hydrogen) atoms. The number of anilines is 3. The summed E-state index contributed by atoms with van der Waals surface area (Å²) in [7, 11) is 0. The van der Waals surface area contributed by atoms with Crippen molar-refractivity contribution in [2.75, 3.05) is 10.4 Å². The first-order valence-electron chi connectivity index (χ1n) is 8.98. The highest BCUT2D eigenvalue weighted by atomic mass is 16.6. The molecule has 0 aromatic heterocycles. The summed E-state index contributed by atoms with van der Waals surface area (Å²) in [5.74, 6) is 0. The minimum absolute atomic E-state index is 0.471. The average Bonchev–Trinajstić information content (AvgIpc) is 2.72. The van der Waals surface area contributed by atoms with Gasteiger partial charge in [0, 0.05) is 0 Å². The van der Waals surface area contributed by atoms with Crippen molar-refractivity contribution in [1.29, 1.82) is 0 Å². The van der Waals surface area contributed by atoms with Gasteiger partial charge in [-0.2, -0.15) is 0 Å². The van der Waals surface area contributed by atoms with Gasteiger partial charge in [-0.05, 0) is 38.1 Å². The van der Waals surface area contributed by atoms with Crippen LogP contribution in [0, 0.1) is 44.2 Å². The van der Waals surface area contributed by atoms with Gasteiger partial charge >= 0.3 is 11.4 Å². The molecule has 1 N–H and O–H groups in total. The van der Waals surface area contributed by atoms with Crippen LogP contribution in [0.1, 0.15) is 11.1 Å². The van der Waals surface area contributed by atoms with Crippen LogP contribution in [0.3, 0.4) is 0 Å². The van der Waals surface area contributed by atoms with E-state index < -0.39 is 37.5 Å². The van der Waals surface area contributed by atoms with Gasteiger partial charge in [0.1, 0.15) is 0 Å². The van der Waals surface area contributed by atoms with Crippen molar-refractivity contribution in [3.8, 4) is 0 Å². The highest BCUT2D eigenvalue weighted by molar-refractivity contribution is 5.81. The van der Waals surface area contributed by atoms with Crippen molar-refractivity contribution in [3.63, 3.8) is 0 Å². The van der Waals surface area contributed by atoms with Gasteiger partial charge < -0.3 is 0 Å². The number of benzene rings is 3. The number of hydrogen-bond acceptors (Lipinski definition) is 8. The first kappa shape index (κ1) is 21.2. The van der Waals surface area contributed by atoms with E-state index in [4.69, 9.17) is 0 Å². The van der Waals surface area contributed by atoms with E-state index in [-0.39, 0.29) is 0 Å². The zero-order valence-electron chi connectivity index (χ0n) is 16.5. The number of hydrogen-bond donors (Lipinski definition) is 1. The largest absolute Gasteiger partial charge is 0.308 e. The molecule has 3 aromatic rings. The smallest absolute Gasteiger partial charge is 0.282 e. The molecule has 0 aliphatic carbocycles. The minimum atomic E-state index is -0.915. The maximum Gasteiger partial charge on any atom is 0.308 e. The molecule has 0 bridgehead atoms. The molecule has 11 heteroatoms. The quantitative estimate of drug-likeness (QED) is 0.403. The van der Waals surface area contributed by atoms with Gasteiger partial charge in [0.15, 0.2) is 0 Å². The number of non-ortho nitro benzene ring substituents is 1. The molecule has 0 amide bonds. The summed E-state index contributed by atoms with van der Waals surface area (Å²) in [5, 5.41) is 35.8. The van der Waals surface area contributed by atoms with E-state index in [1.165, 1.54) is 5.01 Å². The molecule has 0 atom stereocenters. The van der Waals surface area contributed by atoms with Crippen LogP contribution in [-0.4, -0.2) is 14.8 Å². The molecule has 0 aliphatic rings. The molecule has 0 unspecified atom stereocenters. The molecule has 0 radical (unpaired) electrons. The van der Waals surface area contributed by atoms with Gasteiger partial charge in [-0.1, -0.05) is 35.4 Å². The van der Waals surface area contributed by atoms with E-state index in [1.807, 2.05) is 38.1 Å². The van der Waals surface area contributed by atoms with Crippen LogP contribution in [0.25, 0.3) is 0 Å². The second-order valence-corrected chi connectivity index (χ2v) is 6.75. The van der Waals surface area contributed by atoms with Crippen molar-refractivity contribution in [1.82, 2.24) is 0 Å². The van der Waals surface area contributed by atoms with Crippen LogP contribution < -0.4 is 10.4 Å². The van der Waals surface area contributed by atoms with E-state index >= 15 is 0 Å². The Hall–Kier alpha value is -4.54. The third-order valence-corrected chi connectivity index (χ3v) is 4.49. The van der Waals surface area contributed by atoms with Crippen LogP contribution in [0.15, 0.2) is 60.7 Å². The average molecular weight is 423 g/mol. The summed E-state index contributed by atoms with van der Waals surface area (Å²) in [4.78, 5) is 31.6. The van der Waals surface area contributed by atoms with Crippen molar-refractivity contribution in [3.05, 3.63) is 102 Å². The van der Waals surface area contributed by atoms with Gasteiger partial charge in [-0.15, -0.1) is 0 Å². The topological polar surface area (TPSA) is 145 Å². The Labute approximate surface area is 176 Å². The van der Waals surface area contributed by atoms with E-state index in [2.05, 4.69) is 5.43 Å². The third-order valence-electron chi connectivity index (χ3n) is 4.49. The monoisotopic (exact) mass is 423 g/mol. The summed E-state index contributed by atoms with van der Waals surface area (Å²) in [5.41, 5.74) is 3.00. The lowest BCUT2D eigenvalue weighted by Gasteiger charge is -2.26. The number of aryl methyl sites for hydroxylation is 2. The molecule has 0 fully saturated rings. The highest BCUT2D eigenvalue weighted by Crippen LogP contribution is 2.40. The Kier molecular flexibility index (Phi) is 5.77. The predicted molar refractivity (Wildman–Crippen MR) is 115 cm³/mol. The number of nitrogens with one attached hydrogen (secondary N) is 1. The second kappa shape index (κ2) is 8.45. The second-order valence-electron chi connectivity index (χ2n) is 6.75. The molecule has 3 rings (SSSR count). The fourth-order valence-electron chi connectivity index (χ4n) is 2.88. The number of rotatable bonds is 7. The summed E-state index contributed by atoms with van der Waals surface area (Å²) in [6.45, 7) is 3.78. The Morgan fingerprint density at radius 3 is 1.39 bits per heavy atom. The zero-order valence-corrected chi connectivity index (χ0v) is 16.5. The maximum atomic E-state index is 11.6. The lowest BCUT2D eigenvalue weighted by molar-refractivity contribution is -0.401. The van der Waals surface area contributed by atoms with Crippen molar-refractivity contribution in [2.45, 2.75) is 13.8 Å². The van der Waals surface area contributed by atoms with E-state index in [1.54, 1.807) is 24.3 Å². The number of nitrogens with zero attached hydrogens (tertiary/aromatic N) is 4. The maximum absolute atomic E-state index is 11.6. The fourth-order valence-corrected chi connectivity index (χ4v) is 2.88. The van der Waals surface area contributed by atoms with Crippen LogP contribution in [-0.2, 0) is 0 Å². The lowest BCUT2D eigenvalue weighted by atomic mass is 10.2. The van der Waals surface area contributed by atoms with Crippen LogP contribution in [0.2, 0.25) is 0 Å². The molecule has 0 spiro atoms. The van der Waals surface area contributed by atoms with E-state index in [0.717, 1.165) is 11.1 Å². The van der Waals surface area contributed by atoms with E-state index in [9.17, 15) is 30.3 Å². The van der Waals surface area contributed by atoms with Crippen molar-refractivity contribution >= 4 is 34.1 Å². The van der Waals surface area contributed by atoms with Crippen LogP contribution in [0.4, 0.5) is 34.1 Å². The SMILES string of the molecule is Cc1ccc(N(Nc2c([N+](=O)[O-])cc([N+](=O)[O-])cc2[N+](=O)[O-])c2ccc(C)cc2)cc1. The molecular weight excluding hydrogens is 406 g/mol. The fraction of sp³-hybridized carbons (Fsp3) is 0.100. The van der Waals surface area contributed by atoms with Crippen molar-refractivity contribution in [2.24, 2.45) is 0 Å². The van der Waals surface area contributed by atoms with Crippen molar-refractivity contribution < 1.29 is 14.8 Å². The Balaban J connectivity index is 2.21. The lowest BCUT2D eigenvalue weighted by Crippen LogP contribution is -2.25. The van der Waals surface area contributed by atoms with E-state index in [0.29, 0.717) is 23.5 Å². The van der Waals surface area contributed by atoms with Gasteiger partial charge in [0.05, 0.1) is 38.3 Å². The Morgan fingerprint density at radius 1 is 0.677 bits per heavy atom. The normalized spacial score (nSPS) is 10.4. The molecule has 0 aliphatic heterocycles. The third kappa shape index (κ3) is 4.56. The minimum Gasteiger partial charge on any atom is -0.282 e. The molecule has 0 saturated heterocycles. The molecule has 3 aromatic carbocycles. The van der Waals surface area contributed by atoms with Gasteiger partial charge in [-0.3, -0.25) is 40.8 Å². The van der Waals surface area contributed by atoms with Gasteiger partial charge in [0.25, 0.3) is 5.69 Å².